The van der Waals surface area contributed by atoms with Crippen LogP contribution in [0.5, 0.6) is 5.75 Å². The van der Waals surface area contributed by atoms with Crippen molar-refractivity contribution in [3.05, 3.63) is 41.0 Å². The van der Waals surface area contributed by atoms with Crippen molar-refractivity contribution in [2.45, 2.75) is 25.5 Å². The Bertz CT molecular complexity index is 756. The number of ether oxygens (including phenoxy) is 1. The summed E-state index contributed by atoms with van der Waals surface area (Å²) in [5.41, 5.74) is 0.934. The smallest absolute Gasteiger partial charge is 0.276 e. The van der Waals surface area contributed by atoms with Crippen LogP contribution in [0.1, 0.15) is 17.1 Å². The minimum absolute atomic E-state index is 0.552. The largest absolute Gasteiger partial charge is 0.494 e. The summed E-state index contributed by atoms with van der Waals surface area (Å²) in [5, 5.41) is 9.78. The van der Waals surface area contributed by atoms with Gasteiger partial charge in [0.15, 0.2) is 0 Å². The summed E-state index contributed by atoms with van der Waals surface area (Å²) in [6.07, 6.45) is 0.913. The normalized spacial score (nSPS) is 10.9. The second kappa shape index (κ2) is 7.61. The molecule has 3 rings (SSSR count). The van der Waals surface area contributed by atoms with Gasteiger partial charge in [-0.1, -0.05) is 30.0 Å². The molecule has 0 aliphatic carbocycles. The number of hydrogen-bond acceptors (Lipinski definition) is 7. The van der Waals surface area contributed by atoms with Crippen LogP contribution in [0.4, 0.5) is 0 Å². The Morgan fingerprint density at radius 2 is 2.00 bits per heavy atom. The van der Waals surface area contributed by atoms with Gasteiger partial charge < -0.3 is 9.15 Å². The lowest BCUT2D eigenvalue weighted by Gasteiger charge is -2.04. The predicted molar refractivity (Wildman–Crippen MR) is 92.2 cm³/mol. The Morgan fingerprint density at radius 1 is 1.17 bits per heavy atom. The summed E-state index contributed by atoms with van der Waals surface area (Å²) in [6, 6.07) is 9.82. The summed E-state index contributed by atoms with van der Waals surface area (Å²) >= 11 is 3.12. The van der Waals surface area contributed by atoms with Gasteiger partial charge in [-0.25, -0.2) is 4.98 Å². The lowest BCUT2D eigenvalue weighted by atomic mass is 10.3. The van der Waals surface area contributed by atoms with Gasteiger partial charge in [0.05, 0.1) is 17.3 Å². The molecule has 0 bridgehead atoms. The first kappa shape index (κ1) is 16.0. The van der Waals surface area contributed by atoms with E-state index in [1.165, 1.54) is 0 Å². The summed E-state index contributed by atoms with van der Waals surface area (Å²) in [6.45, 7) is 4.60. The zero-order chi connectivity index (χ0) is 16.1. The highest BCUT2D eigenvalue weighted by Crippen LogP contribution is 2.30. The minimum Gasteiger partial charge on any atom is -0.494 e. The van der Waals surface area contributed by atoms with Gasteiger partial charge in [0.1, 0.15) is 10.6 Å². The molecule has 0 unspecified atom stereocenters. The molecule has 2 aromatic heterocycles. The fourth-order valence-corrected chi connectivity index (χ4v) is 3.53. The molecule has 0 N–H and O–H groups in total. The quantitative estimate of drug-likeness (QED) is 0.467. The van der Waals surface area contributed by atoms with Gasteiger partial charge >= 0.3 is 0 Å². The third-order valence-electron chi connectivity index (χ3n) is 3.03. The van der Waals surface area contributed by atoms with Crippen LogP contribution < -0.4 is 4.74 Å². The third kappa shape index (κ3) is 4.33. The monoisotopic (exact) mass is 347 g/mol. The molecule has 0 radical (unpaired) electrons. The molecule has 7 heteroatoms. The number of aryl methyl sites for hydroxylation is 2. The number of thioether (sulfide) groups is 1. The van der Waals surface area contributed by atoms with E-state index in [9.17, 15) is 0 Å². The first-order chi connectivity index (χ1) is 11.2. The van der Waals surface area contributed by atoms with Gasteiger partial charge in [-0.2, -0.15) is 0 Å². The van der Waals surface area contributed by atoms with Crippen molar-refractivity contribution in [3.63, 3.8) is 0 Å². The minimum atomic E-state index is 0.552. The molecule has 0 atom stereocenters. The highest BCUT2D eigenvalue weighted by molar-refractivity contribution is 7.99. The molecule has 23 heavy (non-hydrogen) atoms. The van der Waals surface area contributed by atoms with Gasteiger partial charge in [-0.3, -0.25) is 0 Å². The van der Waals surface area contributed by atoms with Crippen molar-refractivity contribution in [2.75, 3.05) is 12.4 Å². The highest BCUT2D eigenvalue weighted by atomic mass is 32.2. The van der Waals surface area contributed by atoms with Crippen molar-refractivity contribution >= 4 is 23.1 Å². The fraction of sp³-hybridized carbons (Fsp3) is 0.312. The van der Waals surface area contributed by atoms with Crippen LogP contribution in [-0.4, -0.2) is 27.5 Å². The van der Waals surface area contributed by atoms with Crippen LogP contribution in [0, 0.1) is 13.8 Å². The van der Waals surface area contributed by atoms with Crippen LogP contribution in [0.2, 0.25) is 0 Å². The van der Waals surface area contributed by atoms with Crippen molar-refractivity contribution in [1.29, 1.82) is 0 Å². The van der Waals surface area contributed by atoms with E-state index in [-0.39, 0.29) is 0 Å². The molecule has 0 saturated heterocycles. The van der Waals surface area contributed by atoms with E-state index in [0.29, 0.717) is 17.7 Å². The lowest BCUT2D eigenvalue weighted by Crippen LogP contribution is -1.98. The number of benzene rings is 1. The van der Waals surface area contributed by atoms with Crippen LogP contribution >= 0.6 is 23.1 Å². The molecule has 3 aromatic rings. The highest BCUT2D eigenvalue weighted by Gasteiger charge is 2.14. The molecular weight excluding hydrogens is 330 g/mol. The molecule has 2 heterocycles. The van der Waals surface area contributed by atoms with Gasteiger partial charge in [-0.15, -0.1) is 21.5 Å². The first-order valence-electron chi connectivity index (χ1n) is 7.31. The molecule has 0 amide bonds. The lowest BCUT2D eigenvalue weighted by molar-refractivity contribution is 0.318. The van der Waals surface area contributed by atoms with Crippen LogP contribution in [-0.2, 0) is 0 Å². The number of aromatic nitrogens is 3. The number of rotatable bonds is 7. The standard InChI is InChI=1S/C16H17N3O2S2/c1-11-14(23-12(2)17-11)15-18-19-16(21-15)22-10-6-9-20-13-7-4-3-5-8-13/h3-5,7-8H,6,9-10H2,1-2H3. The van der Waals surface area contributed by atoms with E-state index < -0.39 is 0 Å². The summed E-state index contributed by atoms with van der Waals surface area (Å²) < 4.78 is 11.3. The number of para-hydroxylation sites is 1. The third-order valence-corrected chi connectivity index (χ3v) is 5.00. The second-order valence-corrected chi connectivity index (χ2v) is 7.13. The number of nitrogens with zero attached hydrogens (tertiary/aromatic N) is 3. The number of hydrogen-bond donors (Lipinski definition) is 0. The molecular formula is C16H17N3O2S2. The fourth-order valence-electron chi connectivity index (χ4n) is 2.01. The number of thiazole rings is 1. The van der Waals surface area contributed by atoms with Crippen molar-refractivity contribution in [3.8, 4) is 16.5 Å². The van der Waals surface area contributed by atoms with Crippen LogP contribution in [0.25, 0.3) is 10.8 Å². The molecule has 0 aliphatic heterocycles. The van der Waals surface area contributed by atoms with Gasteiger partial charge in [-0.05, 0) is 32.4 Å². The van der Waals surface area contributed by atoms with E-state index in [2.05, 4.69) is 15.2 Å². The summed E-state index contributed by atoms with van der Waals surface area (Å²) in [4.78, 5) is 5.33. The van der Waals surface area contributed by atoms with E-state index in [4.69, 9.17) is 9.15 Å². The molecule has 5 nitrogen and oxygen atoms in total. The van der Waals surface area contributed by atoms with E-state index in [1.807, 2.05) is 44.2 Å². The Balaban J connectivity index is 1.45. The van der Waals surface area contributed by atoms with Gasteiger partial charge in [0.2, 0.25) is 0 Å². The second-order valence-electron chi connectivity index (χ2n) is 4.88. The summed E-state index contributed by atoms with van der Waals surface area (Å²) in [5.74, 6) is 2.32. The van der Waals surface area contributed by atoms with E-state index in [0.717, 1.165) is 33.5 Å². The Hall–Kier alpha value is -1.86. The van der Waals surface area contributed by atoms with Crippen LogP contribution in [0.3, 0.4) is 0 Å². The Morgan fingerprint density at radius 3 is 2.74 bits per heavy atom. The van der Waals surface area contributed by atoms with Gasteiger partial charge in [0.25, 0.3) is 11.1 Å². The zero-order valence-corrected chi connectivity index (χ0v) is 14.6. The van der Waals surface area contributed by atoms with E-state index in [1.54, 1.807) is 23.1 Å². The predicted octanol–water partition coefficient (Wildman–Crippen LogP) is 4.37. The SMILES string of the molecule is Cc1nc(C)c(-c2nnc(SCCCOc3ccccc3)o2)s1. The van der Waals surface area contributed by atoms with Crippen molar-refractivity contribution < 1.29 is 9.15 Å². The average molecular weight is 347 g/mol. The molecule has 0 aliphatic rings. The zero-order valence-electron chi connectivity index (χ0n) is 13.0. The average Bonchev–Trinajstić information content (AvgIpc) is 3.14. The molecule has 0 fully saturated rings. The maximum absolute atomic E-state index is 5.70. The van der Waals surface area contributed by atoms with Gasteiger partial charge in [0, 0.05) is 5.75 Å². The molecule has 1 aromatic carbocycles. The maximum Gasteiger partial charge on any atom is 0.276 e. The van der Waals surface area contributed by atoms with Crippen molar-refractivity contribution in [1.82, 2.24) is 15.2 Å². The summed E-state index contributed by atoms with van der Waals surface area (Å²) in [7, 11) is 0. The maximum atomic E-state index is 5.70. The first-order valence-corrected chi connectivity index (χ1v) is 9.11. The molecule has 120 valence electrons. The van der Waals surface area contributed by atoms with Crippen LogP contribution in [0.15, 0.2) is 40.0 Å². The Labute approximate surface area is 143 Å². The molecule has 0 spiro atoms. The molecule has 0 saturated carbocycles. The van der Waals surface area contributed by atoms with Crippen molar-refractivity contribution in [2.24, 2.45) is 0 Å². The van der Waals surface area contributed by atoms with E-state index >= 15 is 0 Å². The topological polar surface area (TPSA) is 61.0 Å². The Kier molecular flexibility index (Phi) is 5.30.